The molecule has 2 saturated heterocycles. The van der Waals surface area contributed by atoms with Gasteiger partial charge in [-0.3, -0.25) is 9.69 Å². The zero-order valence-electron chi connectivity index (χ0n) is 16.5. The van der Waals surface area contributed by atoms with E-state index in [4.69, 9.17) is 4.74 Å². The zero-order chi connectivity index (χ0) is 19.2. The van der Waals surface area contributed by atoms with Gasteiger partial charge >= 0.3 is 0 Å². The van der Waals surface area contributed by atoms with E-state index >= 15 is 0 Å². The molecule has 1 aromatic rings. The van der Waals surface area contributed by atoms with E-state index in [1.54, 1.807) is 0 Å². The molecule has 0 aliphatic carbocycles. The van der Waals surface area contributed by atoms with Crippen LogP contribution < -0.4 is 10.2 Å². The van der Waals surface area contributed by atoms with E-state index in [-0.39, 0.29) is 18.1 Å². The molecule has 2 heterocycles. The zero-order valence-corrected chi connectivity index (χ0v) is 16.5. The Morgan fingerprint density at radius 2 is 1.89 bits per heavy atom. The van der Waals surface area contributed by atoms with E-state index in [1.807, 2.05) is 13.8 Å². The summed E-state index contributed by atoms with van der Waals surface area (Å²) < 4.78 is 5.94. The second-order valence-corrected chi connectivity index (χ2v) is 7.94. The number of nitrogens with zero attached hydrogens (tertiary/aromatic N) is 2. The first-order valence-corrected chi connectivity index (χ1v) is 10.2. The first-order chi connectivity index (χ1) is 13.0. The normalized spacial score (nSPS) is 27.0. The lowest BCUT2D eigenvalue weighted by molar-refractivity contribution is -0.159. The standard InChI is InChI=1S/C21H33N3O3/c1-16(2)22-21(26)20-19(25)9-8-18(27-20)10-11-23-12-14-24(15-13-23)17-6-4-3-5-7-17/h3-7,16,18-20,25H,8-15H2,1-2H3,(H,22,26). The summed E-state index contributed by atoms with van der Waals surface area (Å²) >= 11 is 0. The molecule has 2 aliphatic heterocycles. The number of hydrogen-bond donors (Lipinski definition) is 2. The monoisotopic (exact) mass is 375 g/mol. The molecule has 0 saturated carbocycles. The van der Waals surface area contributed by atoms with Crippen molar-refractivity contribution >= 4 is 11.6 Å². The van der Waals surface area contributed by atoms with E-state index in [0.717, 1.165) is 45.6 Å². The Morgan fingerprint density at radius 3 is 2.56 bits per heavy atom. The second-order valence-electron chi connectivity index (χ2n) is 7.94. The first-order valence-electron chi connectivity index (χ1n) is 10.2. The van der Waals surface area contributed by atoms with Crippen LogP contribution in [0.25, 0.3) is 0 Å². The molecular weight excluding hydrogens is 342 g/mol. The number of anilines is 1. The molecule has 6 nitrogen and oxygen atoms in total. The Balaban J connectivity index is 1.42. The Morgan fingerprint density at radius 1 is 1.19 bits per heavy atom. The van der Waals surface area contributed by atoms with Crippen LogP contribution in [-0.4, -0.2) is 73.0 Å². The van der Waals surface area contributed by atoms with Gasteiger partial charge in [-0.15, -0.1) is 0 Å². The van der Waals surface area contributed by atoms with Crippen LogP contribution in [0.1, 0.15) is 33.1 Å². The van der Waals surface area contributed by atoms with E-state index in [1.165, 1.54) is 5.69 Å². The van der Waals surface area contributed by atoms with Gasteiger partial charge < -0.3 is 20.1 Å². The Labute approximate surface area is 162 Å². The fourth-order valence-electron chi connectivity index (χ4n) is 3.88. The number of amides is 1. The van der Waals surface area contributed by atoms with Crippen molar-refractivity contribution in [2.45, 2.75) is 57.5 Å². The van der Waals surface area contributed by atoms with Gasteiger partial charge in [0.2, 0.25) is 0 Å². The first kappa shape index (κ1) is 20.1. The minimum atomic E-state index is -0.735. The van der Waals surface area contributed by atoms with Crippen molar-refractivity contribution < 1.29 is 14.6 Å². The maximum atomic E-state index is 12.2. The molecule has 2 N–H and O–H groups in total. The fraction of sp³-hybridized carbons (Fsp3) is 0.667. The van der Waals surface area contributed by atoms with Crippen molar-refractivity contribution in [2.24, 2.45) is 0 Å². The highest BCUT2D eigenvalue weighted by Crippen LogP contribution is 2.23. The number of benzene rings is 1. The van der Waals surface area contributed by atoms with Crippen LogP contribution in [0.2, 0.25) is 0 Å². The van der Waals surface area contributed by atoms with Crippen LogP contribution in [0, 0.1) is 0 Å². The van der Waals surface area contributed by atoms with Gasteiger partial charge in [0.05, 0.1) is 12.2 Å². The van der Waals surface area contributed by atoms with Crippen molar-refractivity contribution in [3.05, 3.63) is 30.3 Å². The molecule has 1 amide bonds. The van der Waals surface area contributed by atoms with E-state index in [9.17, 15) is 9.90 Å². The topological polar surface area (TPSA) is 65.0 Å². The fourth-order valence-corrected chi connectivity index (χ4v) is 3.88. The third-order valence-corrected chi connectivity index (χ3v) is 5.42. The van der Waals surface area contributed by atoms with E-state index < -0.39 is 12.2 Å². The molecule has 3 atom stereocenters. The second kappa shape index (κ2) is 9.53. The number of para-hydroxylation sites is 1. The predicted molar refractivity (Wildman–Crippen MR) is 107 cm³/mol. The highest BCUT2D eigenvalue weighted by Gasteiger charge is 2.35. The number of rotatable bonds is 6. The van der Waals surface area contributed by atoms with Crippen molar-refractivity contribution in [3.8, 4) is 0 Å². The third kappa shape index (κ3) is 5.67. The molecule has 3 unspecified atom stereocenters. The van der Waals surface area contributed by atoms with Crippen LogP contribution in [0.4, 0.5) is 5.69 Å². The summed E-state index contributed by atoms with van der Waals surface area (Å²) in [7, 11) is 0. The van der Waals surface area contributed by atoms with E-state index in [0.29, 0.717) is 6.42 Å². The molecular formula is C21H33N3O3. The molecule has 3 rings (SSSR count). The number of aliphatic hydroxyl groups is 1. The smallest absolute Gasteiger partial charge is 0.252 e. The minimum absolute atomic E-state index is 0.0449. The predicted octanol–water partition coefficient (Wildman–Crippen LogP) is 1.63. The number of ether oxygens (including phenoxy) is 1. The summed E-state index contributed by atoms with van der Waals surface area (Å²) in [6.07, 6.45) is 0.960. The lowest BCUT2D eigenvalue weighted by Gasteiger charge is -2.38. The summed E-state index contributed by atoms with van der Waals surface area (Å²) in [5.74, 6) is -0.196. The molecule has 6 heteroatoms. The Kier molecular flexibility index (Phi) is 7.10. The van der Waals surface area contributed by atoms with Crippen LogP contribution >= 0.6 is 0 Å². The van der Waals surface area contributed by atoms with Crippen molar-refractivity contribution in [1.29, 1.82) is 0 Å². The maximum Gasteiger partial charge on any atom is 0.252 e. The van der Waals surface area contributed by atoms with Gasteiger partial charge in [0.15, 0.2) is 6.10 Å². The molecule has 0 radical (unpaired) electrons. The number of carbonyl (C=O) groups is 1. The maximum absolute atomic E-state index is 12.2. The summed E-state index contributed by atoms with van der Waals surface area (Å²) in [5.41, 5.74) is 1.29. The average molecular weight is 376 g/mol. The number of nitrogens with one attached hydrogen (secondary N) is 1. The molecule has 0 spiro atoms. The molecule has 0 bridgehead atoms. The number of aliphatic hydroxyl groups excluding tert-OH is 1. The van der Waals surface area contributed by atoms with Gasteiger partial charge in [0.25, 0.3) is 5.91 Å². The third-order valence-electron chi connectivity index (χ3n) is 5.42. The molecule has 2 fully saturated rings. The van der Waals surface area contributed by atoms with Gasteiger partial charge in [-0.25, -0.2) is 0 Å². The Bertz CT molecular complexity index is 588. The van der Waals surface area contributed by atoms with Gasteiger partial charge in [-0.2, -0.15) is 0 Å². The van der Waals surface area contributed by atoms with Crippen molar-refractivity contribution in [2.75, 3.05) is 37.6 Å². The molecule has 2 aliphatic rings. The molecule has 0 aromatic heterocycles. The van der Waals surface area contributed by atoms with Gasteiger partial charge in [-0.1, -0.05) is 18.2 Å². The highest BCUT2D eigenvalue weighted by molar-refractivity contribution is 5.81. The summed E-state index contributed by atoms with van der Waals surface area (Å²) in [5, 5.41) is 13.0. The average Bonchev–Trinajstić information content (AvgIpc) is 2.68. The highest BCUT2D eigenvalue weighted by atomic mass is 16.5. The quantitative estimate of drug-likeness (QED) is 0.791. The summed E-state index contributed by atoms with van der Waals surface area (Å²) in [6.45, 7) is 8.96. The van der Waals surface area contributed by atoms with Crippen molar-refractivity contribution in [1.82, 2.24) is 10.2 Å². The minimum Gasteiger partial charge on any atom is -0.390 e. The van der Waals surface area contributed by atoms with Crippen LogP contribution in [0.3, 0.4) is 0 Å². The number of piperazine rings is 1. The van der Waals surface area contributed by atoms with Crippen LogP contribution in [0.5, 0.6) is 0 Å². The van der Waals surface area contributed by atoms with Gasteiger partial charge in [0, 0.05) is 44.5 Å². The summed E-state index contributed by atoms with van der Waals surface area (Å²) in [4.78, 5) is 17.1. The summed E-state index contributed by atoms with van der Waals surface area (Å²) in [6, 6.07) is 10.6. The molecule has 1 aromatic carbocycles. The Hall–Kier alpha value is -1.63. The molecule has 150 valence electrons. The number of hydrogen-bond acceptors (Lipinski definition) is 5. The van der Waals surface area contributed by atoms with Crippen molar-refractivity contribution in [3.63, 3.8) is 0 Å². The lowest BCUT2D eigenvalue weighted by atomic mass is 9.98. The van der Waals surface area contributed by atoms with E-state index in [2.05, 4.69) is 45.4 Å². The van der Waals surface area contributed by atoms with Crippen LogP contribution in [-0.2, 0) is 9.53 Å². The molecule has 27 heavy (non-hydrogen) atoms. The SMILES string of the molecule is CC(C)NC(=O)C1OC(CCN2CCN(c3ccccc3)CC2)CCC1O. The van der Waals surface area contributed by atoms with Gasteiger partial charge in [0.1, 0.15) is 0 Å². The van der Waals surface area contributed by atoms with Crippen LogP contribution in [0.15, 0.2) is 30.3 Å². The lowest BCUT2D eigenvalue weighted by Crippen LogP contribution is -2.51. The largest absolute Gasteiger partial charge is 0.390 e. The van der Waals surface area contributed by atoms with Gasteiger partial charge in [-0.05, 0) is 45.2 Å². The number of carbonyl (C=O) groups excluding carboxylic acids is 1.